The summed E-state index contributed by atoms with van der Waals surface area (Å²) >= 11 is 6.09. The molecule has 1 atom stereocenters. The van der Waals surface area contributed by atoms with Crippen molar-refractivity contribution in [2.24, 2.45) is 0 Å². The van der Waals surface area contributed by atoms with Crippen LogP contribution in [0.2, 0.25) is 0 Å². The number of hydrogen-bond acceptors (Lipinski definition) is 2. The van der Waals surface area contributed by atoms with Gasteiger partial charge in [-0.1, -0.05) is 45.0 Å². The van der Waals surface area contributed by atoms with Gasteiger partial charge in [0, 0.05) is 0 Å². The van der Waals surface area contributed by atoms with Gasteiger partial charge < -0.3 is 4.74 Å². The van der Waals surface area contributed by atoms with Crippen molar-refractivity contribution in [3.05, 3.63) is 35.4 Å². The first-order valence-electron chi connectivity index (χ1n) is 6.25. The molecule has 0 aliphatic heterocycles. The van der Waals surface area contributed by atoms with Crippen LogP contribution < -0.4 is 0 Å². The number of hydrogen-bond donors (Lipinski definition) is 0. The number of halogens is 1. The van der Waals surface area contributed by atoms with E-state index in [0.717, 1.165) is 5.56 Å². The Labute approximate surface area is 114 Å². The molecule has 0 saturated heterocycles. The van der Waals surface area contributed by atoms with Crippen molar-refractivity contribution < 1.29 is 9.53 Å². The van der Waals surface area contributed by atoms with Crippen LogP contribution >= 0.6 is 11.6 Å². The molecule has 1 unspecified atom stereocenters. The van der Waals surface area contributed by atoms with Crippen LogP contribution in [-0.2, 0) is 21.4 Å². The van der Waals surface area contributed by atoms with Gasteiger partial charge in [-0.15, -0.1) is 11.6 Å². The third-order valence-corrected chi connectivity index (χ3v) is 3.10. The highest BCUT2D eigenvalue weighted by Gasteiger charge is 2.22. The van der Waals surface area contributed by atoms with Gasteiger partial charge in [0.2, 0.25) is 0 Å². The number of ether oxygens (including phenoxy) is 1. The van der Waals surface area contributed by atoms with E-state index < -0.39 is 5.38 Å². The summed E-state index contributed by atoms with van der Waals surface area (Å²) in [4.78, 5) is 11.6. The minimum absolute atomic E-state index is 0.0435. The normalized spacial score (nSPS) is 13.2. The molecule has 0 amide bonds. The summed E-state index contributed by atoms with van der Waals surface area (Å²) in [5, 5.41) is -0.617. The van der Waals surface area contributed by atoms with Crippen molar-refractivity contribution >= 4 is 17.6 Å². The first kappa shape index (κ1) is 15.0. The molecular formula is C15H21ClO2. The molecule has 0 N–H and O–H groups in total. The second-order valence-electron chi connectivity index (χ2n) is 5.33. The molecule has 18 heavy (non-hydrogen) atoms. The van der Waals surface area contributed by atoms with Crippen LogP contribution in [0.25, 0.3) is 0 Å². The van der Waals surface area contributed by atoms with E-state index in [4.69, 9.17) is 16.3 Å². The predicted octanol–water partition coefficient (Wildman–Crippen LogP) is 3.70. The number of carbonyl (C=O) groups excluding carboxylic acids is 1. The van der Waals surface area contributed by atoms with Crippen molar-refractivity contribution in [2.75, 3.05) is 6.61 Å². The van der Waals surface area contributed by atoms with Crippen molar-refractivity contribution in [1.29, 1.82) is 0 Å². The van der Waals surface area contributed by atoms with Crippen LogP contribution in [0.5, 0.6) is 0 Å². The number of benzene rings is 1. The van der Waals surface area contributed by atoms with Crippen molar-refractivity contribution in [2.45, 2.75) is 44.9 Å². The molecule has 2 nitrogen and oxygen atoms in total. The third-order valence-electron chi connectivity index (χ3n) is 2.77. The van der Waals surface area contributed by atoms with Crippen LogP contribution in [0, 0.1) is 0 Å². The zero-order valence-corrected chi connectivity index (χ0v) is 12.3. The van der Waals surface area contributed by atoms with Gasteiger partial charge in [-0.3, -0.25) is 4.79 Å². The third kappa shape index (κ3) is 4.02. The van der Waals surface area contributed by atoms with E-state index in [1.165, 1.54) is 5.56 Å². The van der Waals surface area contributed by atoms with Gasteiger partial charge >= 0.3 is 5.97 Å². The van der Waals surface area contributed by atoms with Gasteiger partial charge in [0.1, 0.15) is 5.38 Å². The van der Waals surface area contributed by atoms with Crippen LogP contribution in [-0.4, -0.2) is 18.0 Å². The SMILES string of the molecule is CCOC(=O)C(Cl)Cc1ccccc1C(C)(C)C. The number of alkyl halides is 1. The van der Waals surface area contributed by atoms with E-state index in [1.807, 2.05) is 18.2 Å². The molecule has 0 aromatic heterocycles. The second kappa shape index (κ2) is 6.24. The molecule has 0 fully saturated rings. The Morgan fingerprint density at radius 3 is 2.50 bits per heavy atom. The van der Waals surface area contributed by atoms with Crippen molar-refractivity contribution in [1.82, 2.24) is 0 Å². The van der Waals surface area contributed by atoms with Crippen molar-refractivity contribution in [3.63, 3.8) is 0 Å². The average Bonchev–Trinajstić information content (AvgIpc) is 2.28. The molecule has 0 bridgehead atoms. The molecule has 0 saturated carbocycles. The fraction of sp³-hybridized carbons (Fsp3) is 0.533. The summed E-state index contributed by atoms with van der Waals surface area (Å²) in [6.45, 7) is 8.60. The molecule has 3 heteroatoms. The maximum Gasteiger partial charge on any atom is 0.324 e. The Kier molecular flexibility index (Phi) is 5.21. The maximum absolute atomic E-state index is 11.6. The smallest absolute Gasteiger partial charge is 0.324 e. The minimum Gasteiger partial charge on any atom is -0.465 e. The summed E-state index contributed by atoms with van der Waals surface area (Å²) in [7, 11) is 0. The number of rotatable bonds is 4. The van der Waals surface area contributed by atoms with Gasteiger partial charge in [-0.25, -0.2) is 0 Å². The van der Waals surface area contributed by atoms with E-state index in [2.05, 4.69) is 26.8 Å². The predicted molar refractivity (Wildman–Crippen MR) is 75.1 cm³/mol. The van der Waals surface area contributed by atoms with Gasteiger partial charge in [0.15, 0.2) is 0 Å². The quantitative estimate of drug-likeness (QED) is 0.615. The largest absolute Gasteiger partial charge is 0.465 e. The van der Waals surface area contributed by atoms with Gasteiger partial charge in [-0.2, -0.15) is 0 Å². The van der Waals surface area contributed by atoms with E-state index in [0.29, 0.717) is 13.0 Å². The standard InChI is InChI=1S/C15H21ClO2/c1-5-18-14(17)13(16)10-11-8-6-7-9-12(11)15(2,3)4/h6-9,13H,5,10H2,1-4H3. The number of esters is 1. The fourth-order valence-corrected chi connectivity index (χ4v) is 2.17. The second-order valence-corrected chi connectivity index (χ2v) is 5.86. The summed E-state index contributed by atoms with van der Waals surface area (Å²) < 4.78 is 4.93. The molecule has 100 valence electrons. The molecule has 0 heterocycles. The highest BCUT2D eigenvalue weighted by Crippen LogP contribution is 2.27. The van der Waals surface area contributed by atoms with Crippen LogP contribution in [0.3, 0.4) is 0 Å². The summed E-state index contributed by atoms with van der Waals surface area (Å²) in [5.41, 5.74) is 2.37. The Morgan fingerprint density at radius 2 is 1.94 bits per heavy atom. The molecule has 1 rings (SSSR count). The lowest BCUT2D eigenvalue weighted by molar-refractivity contribution is -0.142. The lowest BCUT2D eigenvalue weighted by Crippen LogP contribution is -2.22. The average molecular weight is 269 g/mol. The Hall–Kier alpha value is -1.02. The summed E-state index contributed by atoms with van der Waals surface area (Å²) in [5.74, 6) is -0.345. The molecule has 1 aromatic rings. The van der Waals surface area contributed by atoms with Gasteiger partial charge in [-0.05, 0) is 29.9 Å². The molecule has 0 radical (unpaired) electrons. The van der Waals surface area contributed by atoms with E-state index in [9.17, 15) is 4.79 Å². The molecule has 0 aliphatic carbocycles. The lowest BCUT2D eigenvalue weighted by Gasteiger charge is -2.23. The monoisotopic (exact) mass is 268 g/mol. The minimum atomic E-state index is -0.617. The van der Waals surface area contributed by atoms with Crippen LogP contribution in [0.15, 0.2) is 24.3 Å². The van der Waals surface area contributed by atoms with E-state index in [1.54, 1.807) is 6.92 Å². The van der Waals surface area contributed by atoms with Crippen LogP contribution in [0.1, 0.15) is 38.8 Å². The van der Waals surface area contributed by atoms with Gasteiger partial charge in [0.25, 0.3) is 0 Å². The number of carbonyl (C=O) groups is 1. The Morgan fingerprint density at radius 1 is 1.33 bits per heavy atom. The zero-order chi connectivity index (χ0) is 13.8. The van der Waals surface area contributed by atoms with E-state index in [-0.39, 0.29) is 11.4 Å². The Balaban J connectivity index is 2.88. The van der Waals surface area contributed by atoms with Crippen molar-refractivity contribution in [3.8, 4) is 0 Å². The lowest BCUT2D eigenvalue weighted by atomic mass is 9.82. The molecule has 1 aromatic carbocycles. The Bertz CT molecular complexity index is 407. The highest BCUT2D eigenvalue weighted by molar-refractivity contribution is 6.30. The topological polar surface area (TPSA) is 26.3 Å². The first-order valence-corrected chi connectivity index (χ1v) is 6.69. The summed E-state index contributed by atoms with van der Waals surface area (Å²) in [6, 6.07) is 8.09. The summed E-state index contributed by atoms with van der Waals surface area (Å²) in [6.07, 6.45) is 0.508. The van der Waals surface area contributed by atoms with Gasteiger partial charge in [0.05, 0.1) is 6.61 Å². The van der Waals surface area contributed by atoms with Crippen LogP contribution in [0.4, 0.5) is 0 Å². The fourth-order valence-electron chi connectivity index (χ4n) is 1.94. The maximum atomic E-state index is 11.6. The zero-order valence-electron chi connectivity index (χ0n) is 11.5. The molecular weight excluding hydrogens is 248 g/mol. The molecule has 0 aliphatic rings. The van der Waals surface area contributed by atoms with E-state index >= 15 is 0 Å². The first-order chi connectivity index (χ1) is 8.36. The highest BCUT2D eigenvalue weighted by atomic mass is 35.5. The molecule has 0 spiro atoms.